The minimum Gasteiger partial charge on any atom is -0.400 e. The quantitative estimate of drug-likeness (QED) is 0.459. The smallest absolute Gasteiger partial charge is 0.269 e. The highest BCUT2D eigenvalue weighted by Gasteiger charge is 2.08. The summed E-state index contributed by atoms with van der Waals surface area (Å²) >= 11 is 0. The standard InChI is InChI=1S/C4H5N5O.CH4O/c5-3(10)2-4(9-6)8-1-7-2;1-2/h1,6H,(H2,5,10)(H,7,8);2H,1H3. The summed E-state index contributed by atoms with van der Waals surface area (Å²) < 4.78 is 0. The number of carbonyl (C=O) groups is 1. The van der Waals surface area contributed by atoms with E-state index in [2.05, 4.69) is 15.1 Å². The van der Waals surface area contributed by atoms with E-state index in [-0.39, 0.29) is 11.5 Å². The molecule has 5 N–H and O–H groups in total. The number of nitrogens with two attached hydrogens (primary N) is 1. The van der Waals surface area contributed by atoms with Crippen LogP contribution >= 0.6 is 0 Å². The molecule has 0 aliphatic rings. The highest BCUT2D eigenvalue weighted by atomic mass is 16.2. The second-order valence-corrected chi connectivity index (χ2v) is 1.58. The summed E-state index contributed by atoms with van der Waals surface area (Å²) in [6.07, 6.45) is 1.26. The zero-order chi connectivity index (χ0) is 9.56. The van der Waals surface area contributed by atoms with Gasteiger partial charge in [-0.2, -0.15) is 0 Å². The average molecular weight is 171 g/mol. The van der Waals surface area contributed by atoms with E-state index in [1.165, 1.54) is 6.33 Å². The number of H-pyrrole nitrogens is 1. The van der Waals surface area contributed by atoms with E-state index >= 15 is 0 Å². The minimum atomic E-state index is -0.663. The van der Waals surface area contributed by atoms with Crippen LogP contribution in [0, 0.1) is 5.53 Å². The molecule has 0 bridgehead atoms. The number of imidazole rings is 1. The molecule has 1 aromatic rings. The number of amides is 1. The Morgan fingerprint density at radius 2 is 2.42 bits per heavy atom. The van der Waals surface area contributed by atoms with Crippen LogP contribution in [0.25, 0.3) is 0 Å². The van der Waals surface area contributed by atoms with Crippen LogP contribution < -0.4 is 5.73 Å². The number of aliphatic hydroxyl groups excluding tert-OH is 1. The van der Waals surface area contributed by atoms with Gasteiger partial charge in [-0.1, -0.05) is 0 Å². The normalized spacial score (nSPS) is 8.17. The molecule has 0 radical (unpaired) electrons. The van der Waals surface area contributed by atoms with Crippen molar-refractivity contribution >= 4 is 11.7 Å². The summed E-state index contributed by atoms with van der Waals surface area (Å²) in [6, 6.07) is 0. The van der Waals surface area contributed by atoms with Crippen molar-refractivity contribution in [1.82, 2.24) is 9.97 Å². The van der Waals surface area contributed by atoms with Crippen LogP contribution in [-0.4, -0.2) is 28.1 Å². The van der Waals surface area contributed by atoms with Crippen LogP contribution in [0.3, 0.4) is 0 Å². The predicted molar refractivity (Wildman–Crippen MR) is 40.1 cm³/mol. The van der Waals surface area contributed by atoms with Crippen molar-refractivity contribution in [1.29, 1.82) is 5.53 Å². The lowest BCUT2D eigenvalue weighted by Crippen LogP contribution is -2.11. The second kappa shape index (κ2) is 4.97. The molecule has 0 aliphatic heterocycles. The van der Waals surface area contributed by atoms with Gasteiger partial charge in [0.05, 0.1) is 6.33 Å². The molecule has 1 aromatic heterocycles. The van der Waals surface area contributed by atoms with E-state index in [1.54, 1.807) is 0 Å². The Kier molecular flexibility index (Phi) is 4.24. The van der Waals surface area contributed by atoms with Gasteiger partial charge in [0.2, 0.25) is 5.82 Å². The molecule has 1 heterocycles. The molecule has 0 atom stereocenters. The van der Waals surface area contributed by atoms with Gasteiger partial charge in [0.15, 0.2) is 5.69 Å². The zero-order valence-corrected chi connectivity index (χ0v) is 6.40. The number of nitrogens with one attached hydrogen (secondary N) is 2. The van der Waals surface area contributed by atoms with E-state index in [1.807, 2.05) is 0 Å². The lowest BCUT2D eigenvalue weighted by molar-refractivity contribution is 0.0996. The largest absolute Gasteiger partial charge is 0.400 e. The molecule has 0 saturated heterocycles. The van der Waals surface area contributed by atoms with Crippen molar-refractivity contribution < 1.29 is 9.90 Å². The van der Waals surface area contributed by atoms with Crippen molar-refractivity contribution in [2.45, 2.75) is 0 Å². The van der Waals surface area contributed by atoms with E-state index in [9.17, 15) is 4.79 Å². The molecular weight excluding hydrogens is 162 g/mol. The molecule has 12 heavy (non-hydrogen) atoms. The number of aromatic nitrogens is 2. The summed E-state index contributed by atoms with van der Waals surface area (Å²) in [7, 11) is 1.00. The van der Waals surface area contributed by atoms with Gasteiger partial charge in [-0.25, -0.2) is 10.5 Å². The number of hydrogen-bond donors (Lipinski definition) is 4. The Balaban J connectivity index is 0.000000561. The molecule has 66 valence electrons. The lowest BCUT2D eigenvalue weighted by atomic mass is 10.4. The maximum atomic E-state index is 10.4. The molecule has 0 aromatic carbocycles. The summed E-state index contributed by atoms with van der Waals surface area (Å²) in [5.74, 6) is -0.643. The minimum absolute atomic E-state index is 0.0208. The van der Waals surface area contributed by atoms with Gasteiger partial charge in [-0.05, 0) is 0 Å². The topological polar surface area (TPSA) is 128 Å². The van der Waals surface area contributed by atoms with Gasteiger partial charge in [-0.15, -0.1) is 5.11 Å². The van der Waals surface area contributed by atoms with Gasteiger partial charge in [-0.3, -0.25) is 4.79 Å². The summed E-state index contributed by atoms with van der Waals surface area (Å²) in [5.41, 5.74) is 11.5. The highest BCUT2D eigenvalue weighted by molar-refractivity contribution is 5.94. The second-order valence-electron chi connectivity index (χ2n) is 1.58. The maximum Gasteiger partial charge on any atom is 0.269 e. The molecular formula is C5H9N5O2. The molecule has 0 saturated carbocycles. The molecule has 0 aliphatic carbocycles. The average Bonchev–Trinajstić information content (AvgIpc) is 2.55. The molecule has 0 fully saturated rings. The first kappa shape index (κ1) is 10.2. The van der Waals surface area contributed by atoms with Crippen molar-refractivity contribution in [3.8, 4) is 0 Å². The van der Waals surface area contributed by atoms with Crippen LogP contribution in [0.2, 0.25) is 0 Å². The number of hydrogen-bond acceptors (Lipinski definition) is 5. The van der Waals surface area contributed by atoms with Crippen molar-refractivity contribution in [2.75, 3.05) is 7.11 Å². The number of nitrogens with zero attached hydrogens (tertiary/aromatic N) is 2. The fraction of sp³-hybridized carbons (Fsp3) is 0.200. The Bertz CT molecular complexity index is 269. The van der Waals surface area contributed by atoms with Crippen LogP contribution in [0.5, 0.6) is 0 Å². The summed E-state index contributed by atoms with van der Waals surface area (Å²) in [5, 5.41) is 9.96. The first-order valence-electron chi connectivity index (χ1n) is 2.91. The lowest BCUT2D eigenvalue weighted by Gasteiger charge is -1.86. The van der Waals surface area contributed by atoms with E-state index in [0.717, 1.165) is 7.11 Å². The van der Waals surface area contributed by atoms with E-state index in [4.69, 9.17) is 16.4 Å². The van der Waals surface area contributed by atoms with Gasteiger partial charge >= 0.3 is 0 Å². The SMILES string of the molecule is CO.N=Nc1nc[nH]c1C(N)=O. The number of rotatable bonds is 2. The Morgan fingerprint density at radius 3 is 2.75 bits per heavy atom. The zero-order valence-electron chi connectivity index (χ0n) is 6.40. The van der Waals surface area contributed by atoms with Crippen LogP contribution in [-0.2, 0) is 0 Å². The van der Waals surface area contributed by atoms with Gasteiger partial charge in [0, 0.05) is 7.11 Å². The van der Waals surface area contributed by atoms with E-state index in [0.29, 0.717) is 0 Å². The van der Waals surface area contributed by atoms with Gasteiger partial charge < -0.3 is 15.8 Å². The number of aliphatic hydroxyl groups is 1. The monoisotopic (exact) mass is 171 g/mol. The van der Waals surface area contributed by atoms with Crippen molar-refractivity contribution in [3.63, 3.8) is 0 Å². The molecule has 0 unspecified atom stereocenters. The third-order valence-corrected chi connectivity index (χ3v) is 0.972. The molecule has 1 rings (SSSR count). The van der Waals surface area contributed by atoms with Gasteiger partial charge in [0.1, 0.15) is 0 Å². The van der Waals surface area contributed by atoms with Crippen LogP contribution in [0.15, 0.2) is 11.4 Å². The molecule has 0 spiro atoms. The summed E-state index contributed by atoms with van der Waals surface area (Å²) in [4.78, 5) is 16.5. The fourth-order valence-electron chi connectivity index (χ4n) is 0.553. The molecule has 7 nitrogen and oxygen atoms in total. The Morgan fingerprint density at radius 1 is 1.83 bits per heavy atom. The first-order chi connectivity index (χ1) is 5.75. The number of primary amides is 1. The highest BCUT2D eigenvalue weighted by Crippen LogP contribution is 2.10. The maximum absolute atomic E-state index is 10.4. The predicted octanol–water partition coefficient (Wildman–Crippen LogP) is -0.220. The number of carbonyl (C=O) groups excluding carboxylic acids is 1. The Hall–Kier alpha value is -1.76. The molecule has 1 amide bonds. The summed E-state index contributed by atoms with van der Waals surface area (Å²) in [6.45, 7) is 0. The van der Waals surface area contributed by atoms with E-state index < -0.39 is 5.91 Å². The third-order valence-electron chi connectivity index (χ3n) is 0.972. The molecule has 7 heteroatoms. The van der Waals surface area contributed by atoms with Gasteiger partial charge in [0.25, 0.3) is 5.91 Å². The Labute approximate surface area is 68.1 Å². The number of aromatic amines is 1. The fourth-order valence-corrected chi connectivity index (χ4v) is 0.553. The first-order valence-corrected chi connectivity index (χ1v) is 2.91. The van der Waals surface area contributed by atoms with Crippen molar-refractivity contribution in [2.24, 2.45) is 10.8 Å². The van der Waals surface area contributed by atoms with Crippen LogP contribution in [0.4, 0.5) is 5.82 Å². The van der Waals surface area contributed by atoms with Crippen LogP contribution in [0.1, 0.15) is 10.5 Å². The third kappa shape index (κ3) is 2.13. The van der Waals surface area contributed by atoms with Crippen molar-refractivity contribution in [3.05, 3.63) is 12.0 Å².